The van der Waals surface area contributed by atoms with Gasteiger partial charge in [0.2, 0.25) is 0 Å². The number of ether oxygens (including phenoxy) is 1. The van der Waals surface area contributed by atoms with Gasteiger partial charge in [-0.25, -0.2) is 4.79 Å². The minimum absolute atomic E-state index is 0.210. The SMILES string of the molecule is CC(C)CNC(=O)COC(=O)[C@@H](NC(=O)c1ccccc1Cl)C(C)C. The van der Waals surface area contributed by atoms with Gasteiger partial charge in [-0.15, -0.1) is 0 Å². The summed E-state index contributed by atoms with van der Waals surface area (Å²) in [4.78, 5) is 36.2. The zero-order valence-corrected chi connectivity index (χ0v) is 15.7. The zero-order chi connectivity index (χ0) is 19.0. The fourth-order valence-electron chi connectivity index (χ4n) is 1.96. The molecule has 0 aliphatic carbocycles. The number of hydrogen-bond donors (Lipinski definition) is 2. The second kappa shape index (κ2) is 10.0. The van der Waals surface area contributed by atoms with E-state index >= 15 is 0 Å². The van der Waals surface area contributed by atoms with Crippen molar-refractivity contribution in [3.63, 3.8) is 0 Å². The summed E-state index contributed by atoms with van der Waals surface area (Å²) in [6, 6.07) is 5.69. The highest BCUT2D eigenvalue weighted by atomic mass is 35.5. The van der Waals surface area contributed by atoms with Crippen molar-refractivity contribution in [3.05, 3.63) is 34.9 Å². The predicted octanol–water partition coefficient (Wildman–Crippen LogP) is 2.41. The van der Waals surface area contributed by atoms with Crippen LogP contribution in [0.4, 0.5) is 0 Å². The molecule has 0 bridgehead atoms. The minimum atomic E-state index is -0.873. The summed E-state index contributed by atoms with van der Waals surface area (Å²) in [5.41, 5.74) is 0.275. The van der Waals surface area contributed by atoms with Crippen molar-refractivity contribution in [2.75, 3.05) is 13.2 Å². The number of hydrogen-bond acceptors (Lipinski definition) is 4. The quantitative estimate of drug-likeness (QED) is 0.690. The van der Waals surface area contributed by atoms with Gasteiger partial charge in [0.1, 0.15) is 6.04 Å². The van der Waals surface area contributed by atoms with Crippen LogP contribution < -0.4 is 10.6 Å². The van der Waals surface area contributed by atoms with Gasteiger partial charge in [0.25, 0.3) is 11.8 Å². The fourth-order valence-corrected chi connectivity index (χ4v) is 2.18. The van der Waals surface area contributed by atoms with E-state index in [1.54, 1.807) is 38.1 Å². The van der Waals surface area contributed by atoms with Gasteiger partial charge in [0, 0.05) is 6.54 Å². The lowest BCUT2D eigenvalue weighted by atomic mass is 10.0. The van der Waals surface area contributed by atoms with Crippen molar-refractivity contribution in [1.82, 2.24) is 10.6 Å². The molecule has 138 valence electrons. The van der Waals surface area contributed by atoms with Crippen LogP contribution in [0.2, 0.25) is 5.02 Å². The van der Waals surface area contributed by atoms with Gasteiger partial charge >= 0.3 is 5.97 Å². The van der Waals surface area contributed by atoms with Gasteiger partial charge in [0.15, 0.2) is 6.61 Å². The normalized spacial score (nSPS) is 12.0. The number of esters is 1. The first-order valence-corrected chi connectivity index (χ1v) is 8.58. The lowest BCUT2D eigenvalue weighted by Gasteiger charge is -2.21. The number of carbonyl (C=O) groups is 3. The van der Waals surface area contributed by atoms with Crippen LogP contribution in [0.3, 0.4) is 0 Å². The van der Waals surface area contributed by atoms with Gasteiger partial charge < -0.3 is 15.4 Å². The maximum absolute atomic E-state index is 12.3. The number of halogens is 1. The summed E-state index contributed by atoms with van der Waals surface area (Å²) in [5.74, 6) is -1.40. The molecule has 1 atom stereocenters. The van der Waals surface area contributed by atoms with E-state index in [9.17, 15) is 14.4 Å². The Bertz CT molecular complexity index is 617. The van der Waals surface area contributed by atoms with Crippen LogP contribution >= 0.6 is 11.6 Å². The van der Waals surface area contributed by atoms with Gasteiger partial charge in [-0.3, -0.25) is 9.59 Å². The number of amides is 2. The van der Waals surface area contributed by atoms with Crippen molar-refractivity contribution in [1.29, 1.82) is 0 Å². The Morgan fingerprint density at radius 2 is 1.76 bits per heavy atom. The monoisotopic (exact) mass is 368 g/mol. The van der Waals surface area contributed by atoms with Crippen LogP contribution in [0.1, 0.15) is 38.1 Å². The third kappa shape index (κ3) is 7.13. The molecule has 0 spiro atoms. The molecule has 0 saturated carbocycles. The molecule has 0 aromatic heterocycles. The Labute approximate surface area is 153 Å². The molecular formula is C18H25ClN2O4. The van der Waals surface area contributed by atoms with E-state index in [4.69, 9.17) is 16.3 Å². The van der Waals surface area contributed by atoms with Crippen LogP contribution in [0, 0.1) is 11.8 Å². The third-order valence-corrected chi connectivity index (χ3v) is 3.71. The van der Waals surface area contributed by atoms with Crippen LogP contribution in [-0.2, 0) is 14.3 Å². The summed E-state index contributed by atoms with van der Waals surface area (Å²) in [5, 5.41) is 5.57. The van der Waals surface area contributed by atoms with Crippen LogP contribution in [0.5, 0.6) is 0 Å². The summed E-state index contributed by atoms with van der Waals surface area (Å²) in [7, 11) is 0. The molecule has 7 heteroatoms. The largest absolute Gasteiger partial charge is 0.454 e. The van der Waals surface area contributed by atoms with Gasteiger partial charge in [-0.1, -0.05) is 51.4 Å². The Kier molecular flexibility index (Phi) is 8.41. The van der Waals surface area contributed by atoms with E-state index in [-0.39, 0.29) is 24.0 Å². The predicted molar refractivity (Wildman–Crippen MR) is 96.4 cm³/mol. The number of benzene rings is 1. The summed E-state index contributed by atoms with van der Waals surface area (Å²) < 4.78 is 5.03. The summed E-state index contributed by atoms with van der Waals surface area (Å²) in [6.07, 6.45) is 0. The molecule has 1 aromatic carbocycles. The molecule has 2 N–H and O–H groups in total. The maximum atomic E-state index is 12.3. The molecular weight excluding hydrogens is 344 g/mol. The molecule has 1 aromatic rings. The van der Waals surface area contributed by atoms with E-state index in [1.165, 1.54) is 0 Å². The summed E-state index contributed by atoms with van der Waals surface area (Å²) >= 11 is 5.99. The zero-order valence-electron chi connectivity index (χ0n) is 15.0. The standard InChI is InChI=1S/C18H25ClN2O4/c1-11(2)9-20-15(22)10-25-18(24)16(12(3)4)21-17(23)13-7-5-6-8-14(13)19/h5-8,11-12,16H,9-10H2,1-4H3,(H,20,22)(H,21,23)/t16-/m0/s1. The van der Waals surface area contributed by atoms with E-state index in [2.05, 4.69) is 10.6 Å². The van der Waals surface area contributed by atoms with Crippen molar-refractivity contribution in [2.45, 2.75) is 33.7 Å². The first kappa shape index (κ1) is 21.0. The van der Waals surface area contributed by atoms with Crippen LogP contribution in [0.25, 0.3) is 0 Å². The Morgan fingerprint density at radius 3 is 2.32 bits per heavy atom. The number of rotatable bonds is 8. The molecule has 0 aliphatic heterocycles. The van der Waals surface area contributed by atoms with Crippen molar-refractivity contribution in [2.24, 2.45) is 11.8 Å². The van der Waals surface area contributed by atoms with E-state index in [0.717, 1.165) is 0 Å². The van der Waals surface area contributed by atoms with Gasteiger partial charge in [0.05, 0.1) is 10.6 Å². The molecule has 0 aliphatic rings. The van der Waals surface area contributed by atoms with E-state index in [0.29, 0.717) is 17.5 Å². The molecule has 25 heavy (non-hydrogen) atoms. The maximum Gasteiger partial charge on any atom is 0.329 e. The Morgan fingerprint density at radius 1 is 1.12 bits per heavy atom. The molecule has 6 nitrogen and oxygen atoms in total. The number of nitrogens with one attached hydrogen (secondary N) is 2. The lowest BCUT2D eigenvalue weighted by molar-refractivity contribution is -0.151. The van der Waals surface area contributed by atoms with E-state index in [1.807, 2.05) is 13.8 Å². The third-order valence-electron chi connectivity index (χ3n) is 3.38. The lowest BCUT2D eigenvalue weighted by Crippen LogP contribution is -2.46. The molecule has 0 fully saturated rings. The molecule has 0 radical (unpaired) electrons. The fraction of sp³-hybridized carbons (Fsp3) is 0.500. The van der Waals surface area contributed by atoms with Crippen molar-refractivity contribution < 1.29 is 19.1 Å². The first-order chi connectivity index (χ1) is 11.7. The highest BCUT2D eigenvalue weighted by Gasteiger charge is 2.27. The van der Waals surface area contributed by atoms with Gasteiger partial charge in [-0.05, 0) is 24.0 Å². The molecule has 2 amide bonds. The Balaban J connectivity index is 2.64. The van der Waals surface area contributed by atoms with E-state index < -0.39 is 17.9 Å². The topological polar surface area (TPSA) is 84.5 Å². The molecule has 1 rings (SSSR count). The highest BCUT2D eigenvalue weighted by Crippen LogP contribution is 2.15. The average molecular weight is 369 g/mol. The van der Waals surface area contributed by atoms with Crippen LogP contribution in [-0.4, -0.2) is 37.0 Å². The highest BCUT2D eigenvalue weighted by molar-refractivity contribution is 6.33. The second-order valence-electron chi connectivity index (χ2n) is 6.48. The summed E-state index contributed by atoms with van der Waals surface area (Å²) in [6.45, 7) is 7.61. The van der Waals surface area contributed by atoms with Crippen LogP contribution in [0.15, 0.2) is 24.3 Å². The molecule has 0 heterocycles. The van der Waals surface area contributed by atoms with Gasteiger partial charge in [-0.2, -0.15) is 0 Å². The minimum Gasteiger partial charge on any atom is -0.454 e. The molecule has 0 saturated heterocycles. The Hall–Kier alpha value is -2.08. The van der Waals surface area contributed by atoms with Crippen molar-refractivity contribution in [3.8, 4) is 0 Å². The van der Waals surface area contributed by atoms with Crippen molar-refractivity contribution >= 4 is 29.4 Å². The first-order valence-electron chi connectivity index (χ1n) is 8.21. The molecule has 0 unspecified atom stereocenters. The smallest absolute Gasteiger partial charge is 0.329 e. The number of carbonyl (C=O) groups excluding carboxylic acids is 3. The average Bonchev–Trinajstić information content (AvgIpc) is 2.55. The second-order valence-corrected chi connectivity index (χ2v) is 6.89.